The van der Waals surface area contributed by atoms with Gasteiger partial charge in [0.2, 0.25) is 5.95 Å². The van der Waals surface area contributed by atoms with Crippen molar-refractivity contribution >= 4 is 28.9 Å². The number of nitrogens with zero attached hydrogens (tertiary/aromatic N) is 3. The van der Waals surface area contributed by atoms with Crippen molar-refractivity contribution in [1.29, 1.82) is 0 Å². The number of aromatic nitrogens is 2. The molecule has 0 atom stereocenters. The fourth-order valence-corrected chi connectivity index (χ4v) is 2.57. The zero-order chi connectivity index (χ0) is 14.0. The van der Waals surface area contributed by atoms with Crippen LogP contribution in [0.2, 0.25) is 4.34 Å². The predicted molar refractivity (Wildman–Crippen MR) is 68.5 cm³/mol. The Morgan fingerprint density at radius 2 is 2.05 bits per heavy atom. The van der Waals surface area contributed by atoms with E-state index in [1.165, 1.54) is 16.2 Å². The predicted octanol–water partition coefficient (Wildman–Crippen LogP) is 3.85. The number of hydrogen-bond donors (Lipinski definition) is 0. The van der Waals surface area contributed by atoms with Crippen LogP contribution in [0, 0.1) is 0 Å². The number of alkyl halides is 3. The average molecular weight is 308 g/mol. The average Bonchev–Trinajstić information content (AvgIpc) is 2.74. The zero-order valence-electron chi connectivity index (χ0n) is 9.78. The van der Waals surface area contributed by atoms with E-state index in [-0.39, 0.29) is 5.95 Å². The van der Waals surface area contributed by atoms with Crippen molar-refractivity contribution in [2.24, 2.45) is 0 Å². The summed E-state index contributed by atoms with van der Waals surface area (Å²) in [5.74, 6) is 0.0272. The van der Waals surface area contributed by atoms with E-state index in [4.69, 9.17) is 11.6 Å². The minimum atomic E-state index is -4.47. The molecule has 2 aromatic heterocycles. The smallest absolute Gasteiger partial charge is 0.339 e. The quantitative estimate of drug-likeness (QED) is 0.862. The van der Waals surface area contributed by atoms with Gasteiger partial charge in [0.25, 0.3) is 0 Å². The molecular weight excluding hydrogens is 299 g/mol. The summed E-state index contributed by atoms with van der Waals surface area (Å²) in [5.41, 5.74) is -0.950. The van der Waals surface area contributed by atoms with Crippen LogP contribution in [-0.2, 0) is 12.7 Å². The molecule has 0 aliphatic rings. The van der Waals surface area contributed by atoms with Crippen molar-refractivity contribution in [3.63, 3.8) is 0 Å². The number of hydrogen-bond acceptors (Lipinski definition) is 4. The van der Waals surface area contributed by atoms with E-state index in [0.29, 0.717) is 10.9 Å². The monoisotopic (exact) mass is 307 g/mol. The van der Waals surface area contributed by atoms with Gasteiger partial charge >= 0.3 is 6.18 Å². The van der Waals surface area contributed by atoms with Crippen molar-refractivity contribution in [2.75, 3.05) is 11.9 Å². The van der Waals surface area contributed by atoms with Crippen LogP contribution < -0.4 is 4.90 Å². The molecule has 0 spiro atoms. The lowest BCUT2D eigenvalue weighted by molar-refractivity contribution is -0.141. The Hall–Kier alpha value is -1.34. The number of rotatable bonds is 3. The minimum absolute atomic E-state index is 0.0272. The molecule has 0 aromatic carbocycles. The standard InChI is InChI=1S/C11H9ClF3N3S/c1-18(6-7-2-3-9(12)19-7)10-16-5-4-8(17-10)11(13,14)15/h2-5H,6H2,1H3. The second-order valence-electron chi connectivity index (χ2n) is 3.80. The van der Waals surface area contributed by atoms with E-state index in [1.54, 1.807) is 13.1 Å². The second-order valence-corrected chi connectivity index (χ2v) is 5.60. The Kier molecular flexibility index (Phi) is 3.96. The normalized spacial score (nSPS) is 11.6. The van der Waals surface area contributed by atoms with Crippen molar-refractivity contribution < 1.29 is 13.2 Å². The zero-order valence-corrected chi connectivity index (χ0v) is 11.4. The summed E-state index contributed by atoms with van der Waals surface area (Å²) in [5, 5.41) is 0. The van der Waals surface area contributed by atoms with Crippen LogP contribution in [0.4, 0.5) is 19.1 Å². The summed E-state index contributed by atoms with van der Waals surface area (Å²) in [7, 11) is 1.63. The molecule has 19 heavy (non-hydrogen) atoms. The fourth-order valence-electron chi connectivity index (χ4n) is 1.43. The highest BCUT2D eigenvalue weighted by Gasteiger charge is 2.33. The number of halogens is 4. The van der Waals surface area contributed by atoms with Gasteiger partial charge in [-0.1, -0.05) is 11.6 Å². The first kappa shape index (κ1) is 14.1. The van der Waals surface area contributed by atoms with E-state index in [2.05, 4.69) is 9.97 Å². The van der Waals surface area contributed by atoms with Gasteiger partial charge in [-0.15, -0.1) is 11.3 Å². The van der Waals surface area contributed by atoms with E-state index in [1.807, 2.05) is 6.07 Å². The van der Waals surface area contributed by atoms with Crippen molar-refractivity contribution in [3.05, 3.63) is 39.3 Å². The van der Waals surface area contributed by atoms with Crippen LogP contribution in [0.15, 0.2) is 24.4 Å². The van der Waals surface area contributed by atoms with Gasteiger partial charge in [0.1, 0.15) is 5.69 Å². The Labute approximate surface area is 116 Å². The van der Waals surface area contributed by atoms with Gasteiger partial charge in [-0.25, -0.2) is 9.97 Å². The molecule has 2 rings (SSSR count). The lowest BCUT2D eigenvalue weighted by atomic mass is 10.4. The Balaban J connectivity index is 2.17. The second kappa shape index (κ2) is 5.34. The summed E-state index contributed by atoms with van der Waals surface area (Å²) in [6, 6.07) is 4.40. The summed E-state index contributed by atoms with van der Waals surface area (Å²) in [4.78, 5) is 9.81. The Bertz CT molecular complexity index is 570. The lowest BCUT2D eigenvalue weighted by Crippen LogP contribution is -2.20. The maximum absolute atomic E-state index is 12.5. The van der Waals surface area contributed by atoms with Gasteiger partial charge in [0, 0.05) is 18.1 Å². The highest BCUT2D eigenvalue weighted by Crippen LogP contribution is 2.28. The largest absolute Gasteiger partial charge is 0.433 e. The summed E-state index contributed by atoms with van der Waals surface area (Å²) in [6.07, 6.45) is -3.37. The van der Waals surface area contributed by atoms with Crippen LogP contribution in [-0.4, -0.2) is 17.0 Å². The SMILES string of the molecule is CN(Cc1ccc(Cl)s1)c1nccc(C(F)(F)F)n1. The maximum atomic E-state index is 12.5. The third kappa shape index (κ3) is 3.57. The molecule has 0 bridgehead atoms. The molecule has 0 N–H and O–H groups in total. The molecule has 2 heterocycles. The Morgan fingerprint density at radius 3 is 2.63 bits per heavy atom. The highest BCUT2D eigenvalue weighted by atomic mass is 35.5. The first-order valence-electron chi connectivity index (χ1n) is 5.22. The first-order chi connectivity index (χ1) is 8.86. The molecular formula is C11H9ClF3N3S. The van der Waals surface area contributed by atoms with E-state index < -0.39 is 11.9 Å². The molecule has 8 heteroatoms. The van der Waals surface area contributed by atoms with Gasteiger partial charge in [-0.05, 0) is 18.2 Å². The van der Waals surface area contributed by atoms with Crippen LogP contribution >= 0.6 is 22.9 Å². The lowest BCUT2D eigenvalue weighted by Gasteiger charge is -2.17. The first-order valence-corrected chi connectivity index (χ1v) is 6.41. The highest BCUT2D eigenvalue weighted by molar-refractivity contribution is 7.16. The van der Waals surface area contributed by atoms with Crippen LogP contribution in [0.25, 0.3) is 0 Å². The van der Waals surface area contributed by atoms with Crippen molar-refractivity contribution in [3.8, 4) is 0 Å². The molecule has 0 aliphatic heterocycles. The molecule has 0 saturated carbocycles. The topological polar surface area (TPSA) is 29.0 Å². The van der Waals surface area contributed by atoms with Gasteiger partial charge in [-0.3, -0.25) is 0 Å². The van der Waals surface area contributed by atoms with Crippen LogP contribution in [0.5, 0.6) is 0 Å². The molecule has 0 saturated heterocycles. The number of thiophene rings is 1. The summed E-state index contributed by atoms with van der Waals surface area (Å²) < 4.78 is 38.2. The van der Waals surface area contributed by atoms with Gasteiger partial charge in [0.05, 0.1) is 10.9 Å². The molecule has 0 fully saturated rings. The molecule has 0 unspecified atom stereocenters. The molecule has 102 valence electrons. The molecule has 0 aliphatic carbocycles. The van der Waals surface area contributed by atoms with Crippen molar-refractivity contribution in [2.45, 2.75) is 12.7 Å². The maximum Gasteiger partial charge on any atom is 0.433 e. The summed E-state index contributed by atoms with van der Waals surface area (Å²) in [6.45, 7) is 0.401. The third-order valence-corrected chi connectivity index (χ3v) is 3.51. The molecule has 2 aromatic rings. The van der Waals surface area contributed by atoms with Gasteiger partial charge < -0.3 is 4.90 Å². The third-order valence-electron chi connectivity index (χ3n) is 2.30. The number of anilines is 1. The molecule has 3 nitrogen and oxygen atoms in total. The minimum Gasteiger partial charge on any atom is -0.339 e. The van der Waals surface area contributed by atoms with Crippen LogP contribution in [0.3, 0.4) is 0 Å². The van der Waals surface area contributed by atoms with Gasteiger partial charge in [0.15, 0.2) is 0 Å². The molecule has 0 amide bonds. The van der Waals surface area contributed by atoms with E-state index in [9.17, 15) is 13.2 Å². The van der Waals surface area contributed by atoms with Crippen molar-refractivity contribution in [1.82, 2.24) is 9.97 Å². The summed E-state index contributed by atoms with van der Waals surface area (Å²) >= 11 is 7.16. The van der Waals surface area contributed by atoms with Gasteiger partial charge in [-0.2, -0.15) is 13.2 Å². The van der Waals surface area contributed by atoms with E-state index in [0.717, 1.165) is 17.1 Å². The van der Waals surface area contributed by atoms with E-state index >= 15 is 0 Å². The van der Waals surface area contributed by atoms with Crippen LogP contribution in [0.1, 0.15) is 10.6 Å². The fraction of sp³-hybridized carbons (Fsp3) is 0.273. The molecule has 0 radical (unpaired) electrons. The Morgan fingerprint density at radius 1 is 1.32 bits per heavy atom.